The summed E-state index contributed by atoms with van der Waals surface area (Å²) in [5.41, 5.74) is 6.00. The second-order valence-electron chi connectivity index (χ2n) is 5.48. The number of aromatic nitrogens is 3. The lowest BCUT2D eigenvalue weighted by Gasteiger charge is -2.00. The first-order chi connectivity index (χ1) is 11.0. The van der Waals surface area contributed by atoms with Crippen molar-refractivity contribution < 1.29 is 4.79 Å². The number of carbonyl (C=O) groups excluding carboxylic acids is 1. The second kappa shape index (κ2) is 6.20. The maximum absolute atomic E-state index is 12.3. The first-order valence-corrected chi connectivity index (χ1v) is 8.75. The molecule has 3 rings (SSSR count). The normalized spacial score (nSPS) is 15.1. The summed E-state index contributed by atoms with van der Waals surface area (Å²) in [6, 6.07) is 0. The summed E-state index contributed by atoms with van der Waals surface area (Å²) in [6.07, 6.45) is 4.61. The van der Waals surface area contributed by atoms with Gasteiger partial charge in [-0.15, -0.1) is 0 Å². The van der Waals surface area contributed by atoms with E-state index in [1.807, 2.05) is 13.0 Å². The van der Waals surface area contributed by atoms with Crippen LogP contribution in [0.1, 0.15) is 41.9 Å². The van der Waals surface area contributed by atoms with Crippen LogP contribution in [0.15, 0.2) is 11.4 Å². The van der Waals surface area contributed by atoms with E-state index in [0.29, 0.717) is 16.5 Å². The highest BCUT2D eigenvalue weighted by atomic mass is 32.2. The number of anilines is 1. The standard InChI is InChI=1S/C17H20N4OS/c1-5-11-9(3)14(19-10(11)4)7-12-13-8-18-17(23-6-2)21-15(13)20-16(12)22/h7-8,19H,5-6H2,1-4H3,(H,18,20,21,22). The predicted octanol–water partition coefficient (Wildman–Crippen LogP) is 3.59. The molecule has 0 spiro atoms. The molecule has 1 aliphatic heterocycles. The van der Waals surface area contributed by atoms with Crippen LogP contribution in [0.3, 0.4) is 0 Å². The Labute approximate surface area is 140 Å². The van der Waals surface area contributed by atoms with Crippen molar-refractivity contribution in [2.75, 3.05) is 11.1 Å². The summed E-state index contributed by atoms with van der Waals surface area (Å²) >= 11 is 1.56. The number of rotatable bonds is 4. The van der Waals surface area contributed by atoms with Gasteiger partial charge >= 0.3 is 0 Å². The fourth-order valence-electron chi connectivity index (χ4n) is 2.93. The Hall–Kier alpha value is -2.08. The zero-order valence-electron chi connectivity index (χ0n) is 13.8. The van der Waals surface area contributed by atoms with Gasteiger partial charge in [0.25, 0.3) is 5.91 Å². The minimum atomic E-state index is -0.127. The summed E-state index contributed by atoms with van der Waals surface area (Å²) in [5, 5.41) is 3.52. The minimum absolute atomic E-state index is 0.127. The average molecular weight is 328 g/mol. The van der Waals surface area contributed by atoms with Gasteiger partial charge in [0.1, 0.15) is 5.82 Å². The van der Waals surface area contributed by atoms with Crippen molar-refractivity contribution in [1.82, 2.24) is 15.0 Å². The number of nitrogens with one attached hydrogen (secondary N) is 2. The van der Waals surface area contributed by atoms with Gasteiger partial charge in [0.15, 0.2) is 5.16 Å². The van der Waals surface area contributed by atoms with Gasteiger partial charge < -0.3 is 10.3 Å². The van der Waals surface area contributed by atoms with Crippen molar-refractivity contribution in [3.8, 4) is 0 Å². The molecule has 0 unspecified atom stereocenters. The fraction of sp³-hybridized carbons (Fsp3) is 0.353. The highest BCUT2D eigenvalue weighted by Gasteiger charge is 2.27. The Morgan fingerprint density at radius 3 is 2.74 bits per heavy atom. The number of thioether (sulfide) groups is 1. The number of aryl methyl sites for hydroxylation is 1. The molecule has 2 N–H and O–H groups in total. The Bertz CT molecular complexity index is 807. The van der Waals surface area contributed by atoms with Crippen LogP contribution in [-0.2, 0) is 11.2 Å². The molecule has 0 atom stereocenters. The molecule has 23 heavy (non-hydrogen) atoms. The number of carbonyl (C=O) groups is 1. The lowest BCUT2D eigenvalue weighted by Crippen LogP contribution is -2.04. The molecular formula is C17H20N4OS. The van der Waals surface area contributed by atoms with Crippen LogP contribution < -0.4 is 5.32 Å². The van der Waals surface area contributed by atoms with Crippen molar-refractivity contribution in [2.45, 2.75) is 39.3 Å². The summed E-state index contributed by atoms with van der Waals surface area (Å²) in [6.45, 7) is 8.33. The zero-order chi connectivity index (χ0) is 16.6. The molecule has 0 saturated heterocycles. The average Bonchev–Trinajstić information content (AvgIpc) is 2.96. The van der Waals surface area contributed by atoms with E-state index in [1.54, 1.807) is 18.0 Å². The third kappa shape index (κ3) is 2.79. The van der Waals surface area contributed by atoms with Gasteiger partial charge in [0.2, 0.25) is 0 Å². The Morgan fingerprint density at radius 1 is 1.30 bits per heavy atom. The van der Waals surface area contributed by atoms with Gasteiger partial charge in [-0.25, -0.2) is 9.97 Å². The molecule has 120 valence electrons. The van der Waals surface area contributed by atoms with Gasteiger partial charge in [-0.2, -0.15) is 0 Å². The molecule has 2 aromatic rings. The summed E-state index contributed by atoms with van der Waals surface area (Å²) in [4.78, 5) is 24.4. The van der Waals surface area contributed by atoms with Crippen LogP contribution in [0, 0.1) is 13.8 Å². The van der Waals surface area contributed by atoms with Gasteiger partial charge in [-0.3, -0.25) is 4.79 Å². The molecule has 0 fully saturated rings. The number of amides is 1. The summed E-state index contributed by atoms with van der Waals surface area (Å²) in [5.74, 6) is 1.37. The molecular weight excluding hydrogens is 308 g/mol. The molecule has 5 nitrogen and oxygen atoms in total. The third-order valence-corrected chi connectivity index (χ3v) is 4.82. The highest BCUT2D eigenvalue weighted by Crippen LogP contribution is 2.33. The van der Waals surface area contributed by atoms with Crippen LogP contribution in [0.5, 0.6) is 0 Å². The van der Waals surface area contributed by atoms with E-state index in [9.17, 15) is 4.79 Å². The lowest BCUT2D eigenvalue weighted by atomic mass is 10.0. The molecule has 0 aliphatic carbocycles. The molecule has 0 saturated carbocycles. The predicted molar refractivity (Wildman–Crippen MR) is 94.6 cm³/mol. The molecule has 0 aromatic carbocycles. The van der Waals surface area contributed by atoms with Crippen molar-refractivity contribution in [2.24, 2.45) is 0 Å². The number of nitrogens with zero attached hydrogens (tertiary/aromatic N) is 2. The lowest BCUT2D eigenvalue weighted by molar-refractivity contribution is -0.110. The highest BCUT2D eigenvalue weighted by molar-refractivity contribution is 7.99. The number of aromatic amines is 1. The van der Waals surface area contributed by atoms with Gasteiger partial charge in [0.05, 0.1) is 5.57 Å². The van der Waals surface area contributed by atoms with E-state index in [2.05, 4.69) is 41.0 Å². The molecule has 2 aromatic heterocycles. The number of H-pyrrole nitrogens is 1. The van der Waals surface area contributed by atoms with Gasteiger partial charge in [-0.05, 0) is 43.2 Å². The van der Waals surface area contributed by atoms with E-state index in [4.69, 9.17) is 0 Å². The topological polar surface area (TPSA) is 70.7 Å². The fourth-order valence-corrected chi connectivity index (χ4v) is 3.47. The maximum Gasteiger partial charge on any atom is 0.257 e. The Morgan fingerprint density at radius 2 is 2.09 bits per heavy atom. The van der Waals surface area contributed by atoms with E-state index >= 15 is 0 Å². The molecule has 1 amide bonds. The number of hydrogen-bond acceptors (Lipinski definition) is 4. The van der Waals surface area contributed by atoms with E-state index < -0.39 is 0 Å². The van der Waals surface area contributed by atoms with Crippen LogP contribution >= 0.6 is 11.8 Å². The van der Waals surface area contributed by atoms with Gasteiger partial charge in [-0.1, -0.05) is 25.6 Å². The molecule has 3 heterocycles. The van der Waals surface area contributed by atoms with Crippen LogP contribution in [-0.4, -0.2) is 26.6 Å². The number of fused-ring (bicyclic) bond motifs is 1. The van der Waals surface area contributed by atoms with Crippen LogP contribution in [0.2, 0.25) is 0 Å². The van der Waals surface area contributed by atoms with E-state index in [-0.39, 0.29) is 5.91 Å². The quantitative estimate of drug-likeness (QED) is 0.511. The maximum atomic E-state index is 12.3. The van der Waals surface area contributed by atoms with Crippen LogP contribution in [0.25, 0.3) is 11.6 Å². The Kier molecular flexibility index (Phi) is 4.26. The second-order valence-corrected chi connectivity index (χ2v) is 6.71. The minimum Gasteiger partial charge on any atom is -0.359 e. The van der Waals surface area contributed by atoms with Crippen molar-refractivity contribution in [3.05, 3.63) is 34.3 Å². The summed E-state index contributed by atoms with van der Waals surface area (Å²) in [7, 11) is 0. The summed E-state index contributed by atoms with van der Waals surface area (Å²) < 4.78 is 0. The number of hydrogen-bond donors (Lipinski definition) is 2. The van der Waals surface area contributed by atoms with E-state index in [0.717, 1.165) is 29.1 Å². The molecule has 1 aliphatic rings. The molecule has 0 radical (unpaired) electrons. The van der Waals surface area contributed by atoms with Crippen molar-refractivity contribution in [3.63, 3.8) is 0 Å². The molecule has 0 bridgehead atoms. The van der Waals surface area contributed by atoms with Crippen molar-refractivity contribution >= 4 is 35.1 Å². The Balaban J connectivity index is 2.04. The van der Waals surface area contributed by atoms with Gasteiger partial charge in [0, 0.05) is 23.1 Å². The largest absolute Gasteiger partial charge is 0.359 e. The van der Waals surface area contributed by atoms with Crippen molar-refractivity contribution in [1.29, 1.82) is 0 Å². The first kappa shape index (κ1) is 15.8. The third-order valence-electron chi connectivity index (χ3n) is 4.08. The van der Waals surface area contributed by atoms with E-state index in [1.165, 1.54) is 11.1 Å². The monoisotopic (exact) mass is 328 g/mol. The molecule has 6 heteroatoms. The zero-order valence-corrected chi connectivity index (χ0v) is 14.6. The van der Waals surface area contributed by atoms with Crippen LogP contribution in [0.4, 0.5) is 5.82 Å². The first-order valence-electron chi connectivity index (χ1n) is 7.76. The SMILES string of the molecule is CCSc1ncc2c(n1)NC(=O)C2=Cc1[nH]c(C)c(CC)c1C. The smallest absolute Gasteiger partial charge is 0.257 e.